The average Bonchev–Trinajstić information content (AvgIpc) is 2.39. The summed E-state index contributed by atoms with van der Waals surface area (Å²) in [4.78, 5) is 15.6. The van der Waals surface area contributed by atoms with E-state index in [0.29, 0.717) is 5.56 Å². The Morgan fingerprint density at radius 3 is 2.53 bits per heavy atom. The largest absolute Gasteiger partial charge is 0.366 e. The number of hydrogen-bond acceptors (Lipinski definition) is 2. The van der Waals surface area contributed by atoms with E-state index in [1.54, 1.807) is 18.3 Å². The summed E-state index contributed by atoms with van der Waals surface area (Å²) in [6.45, 7) is 2.02. The first-order valence-corrected chi connectivity index (χ1v) is 5.50. The van der Waals surface area contributed by atoms with Gasteiger partial charge in [0.1, 0.15) is 0 Å². The molecule has 1 aromatic carbocycles. The summed E-state index contributed by atoms with van der Waals surface area (Å²) in [5.41, 5.74) is 7.69. The third kappa shape index (κ3) is 2.33. The number of rotatable bonds is 3. The molecule has 1 amide bonds. The first kappa shape index (κ1) is 11.3. The maximum Gasteiger partial charge on any atom is 0.250 e. The fraction of sp³-hybridized carbons (Fsp3) is 0.143. The lowest BCUT2D eigenvalue weighted by atomic mass is 9.94. The fourth-order valence-corrected chi connectivity index (χ4v) is 1.87. The lowest BCUT2D eigenvalue weighted by molar-refractivity contribution is 0.0998. The lowest BCUT2D eigenvalue weighted by Crippen LogP contribution is -2.16. The summed E-state index contributed by atoms with van der Waals surface area (Å²) in [6, 6.07) is 13.4. The molecule has 1 aromatic heterocycles. The van der Waals surface area contributed by atoms with Crippen LogP contribution in [0.4, 0.5) is 0 Å². The highest BCUT2D eigenvalue weighted by Crippen LogP contribution is 2.24. The fourth-order valence-electron chi connectivity index (χ4n) is 1.87. The van der Waals surface area contributed by atoms with Crippen LogP contribution in [0.2, 0.25) is 0 Å². The number of nitrogens with zero attached hydrogens (tertiary/aromatic N) is 1. The molecule has 2 rings (SSSR count). The van der Waals surface area contributed by atoms with Gasteiger partial charge in [-0.3, -0.25) is 9.78 Å². The molecular formula is C14H14N2O. The predicted octanol–water partition coefficient (Wildman–Crippen LogP) is 2.33. The molecule has 2 N–H and O–H groups in total. The van der Waals surface area contributed by atoms with Crippen LogP contribution in [-0.2, 0) is 0 Å². The van der Waals surface area contributed by atoms with Gasteiger partial charge >= 0.3 is 0 Å². The highest BCUT2D eigenvalue weighted by atomic mass is 16.1. The van der Waals surface area contributed by atoms with Crippen LogP contribution in [0.1, 0.15) is 34.5 Å². The number of carbonyl (C=O) groups excluding carboxylic acids is 1. The average molecular weight is 226 g/mol. The van der Waals surface area contributed by atoms with Crippen molar-refractivity contribution in [3.63, 3.8) is 0 Å². The molecule has 0 fully saturated rings. The van der Waals surface area contributed by atoms with Crippen LogP contribution < -0.4 is 5.73 Å². The van der Waals surface area contributed by atoms with Gasteiger partial charge in [0.25, 0.3) is 5.91 Å². The maximum absolute atomic E-state index is 11.3. The summed E-state index contributed by atoms with van der Waals surface area (Å²) in [5, 5.41) is 0. The van der Waals surface area contributed by atoms with Crippen molar-refractivity contribution in [1.82, 2.24) is 4.98 Å². The molecule has 0 aliphatic heterocycles. The highest BCUT2D eigenvalue weighted by Gasteiger charge is 2.16. The molecule has 0 aliphatic carbocycles. The van der Waals surface area contributed by atoms with Crippen LogP contribution in [0.25, 0.3) is 0 Å². The molecule has 1 unspecified atom stereocenters. The minimum Gasteiger partial charge on any atom is -0.366 e. The van der Waals surface area contributed by atoms with Gasteiger partial charge in [-0.25, -0.2) is 0 Å². The summed E-state index contributed by atoms with van der Waals surface area (Å²) in [7, 11) is 0. The van der Waals surface area contributed by atoms with Gasteiger partial charge in [0, 0.05) is 12.1 Å². The summed E-state index contributed by atoms with van der Waals surface area (Å²) >= 11 is 0. The van der Waals surface area contributed by atoms with Crippen molar-refractivity contribution >= 4 is 5.91 Å². The van der Waals surface area contributed by atoms with E-state index in [1.807, 2.05) is 37.3 Å². The van der Waals surface area contributed by atoms with Crippen molar-refractivity contribution in [2.24, 2.45) is 5.73 Å². The molecule has 2 aromatic rings. The summed E-state index contributed by atoms with van der Waals surface area (Å²) < 4.78 is 0. The maximum atomic E-state index is 11.3. The van der Waals surface area contributed by atoms with Crippen molar-refractivity contribution < 1.29 is 4.79 Å². The predicted molar refractivity (Wildman–Crippen MR) is 66.7 cm³/mol. The van der Waals surface area contributed by atoms with Gasteiger partial charge in [0.05, 0.1) is 11.3 Å². The minimum absolute atomic E-state index is 0.0555. The molecule has 1 atom stereocenters. The van der Waals surface area contributed by atoms with Crippen LogP contribution in [0, 0.1) is 0 Å². The molecule has 0 bridgehead atoms. The molecule has 1 heterocycles. The zero-order chi connectivity index (χ0) is 12.3. The third-order valence-corrected chi connectivity index (χ3v) is 2.81. The van der Waals surface area contributed by atoms with E-state index < -0.39 is 5.91 Å². The number of amides is 1. The number of carbonyl (C=O) groups is 1. The van der Waals surface area contributed by atoms with E-state index >= 15 is 0 Å². The van der Waals surface area contributed by atoms with Crippen molar-refractivity contribution in [1.29, 1.82) is 0 Å². The molecular weight excluding hydrogens is 212 g/mol. The normalized spacial score (nSPS) is 12.1. The van der Waals surface area contributed by atoms with Crippen LogP contribution in [0.5, 0.6) is 0 Å². The number of primary amides is 1. The van der Waals surface area contributed by atoms with E-state index in [2.05, 4.69) is 4.98 Å². The molecule has 0 aliphatic rings. The lowest BCUT2D eigenvalue weighted by Gasteiger charge is -2.13. The van der Waals surface area contributed by atoms with Gasteiger partial charge < -0.3 is 5.73 Å². The minimum atomic E-state index is -0.434. The smallest absolute Gasteiger partial charge is 0.250 e. The third-order valence-electron chi connectivity index (χ3n) is 2.81. The molecule has 0 spiro atoms. The molecule has 3 nitrogen and oxygen atoms in total. The van der Waals surface area contributed by atoms with E-state index in [-0.39, 0.29) is 5.92 Å². The molecule has 0 radical (unpaired) electrons. The van der Waals surface area contributed by atoms with Crippen LogP contribution >= 0.6 is 0 Å². The zero-order valence-corrected chi connectivity index (χ0v) is 9.63. The van der Waals surface area contributed by atoms with Gasteiger partial charge in [-0.2, -0.15) is 0 Å². The van der Waals surface area contributed by atoms with E-state index in [4.69, 9.17) is 5.73 Å². The molecule has 0 saturated carbocycles. The van der Waals surface area contributed by atoms with E-state index in [9.17, 15) is 4.79 Å². The van der Waals surface area contributed by atoms with Crippen molar-refractivity contribution in [2.45, 2.75) is 12.8 Å². The van der Waals surface area contributed by atoms with Crippen LogP contribution in [0.15, 0.2) is 48.7 Å². The molecule has 86 valence electrons. The first-order valence-electron chi connectivity index (χ1n) is 5.50. The number of aromatic nitrogens is 1. The summed E-state index contributed by atoms with van der Waals surface area (Å²) in [5.74, 6) is -0.379. The Morgan fingerprint density at radius 1 is 1.18 bits per heavy atom. The van der Waals surface area contributed by atoms with Crippen LogP contribution in [0.3, 0.4) is 0 Å². The Kier molecular flexibility index (Phi) is 3.19. The van der Waals surface area contributed by atoms with Crippen molar-refractivity contribution in [3.8, 4) is 0 Å². The topological polar surface area (TPSA) is 56.0 Å². The van der Waals surface area contributed by atoms with Gasteiger partial charge in [-0.1, -0.05) is 37.3 Å². The van der Waals surface area contributed by atoms with E-state index in [0.717, 1.165) is 11.3 Å². The Balaban J connectivity index is 2.44. The number of nitrogens with two attached hydrogens (primary N) is 1. The molecule has 0 saturated heterocycles. The van der Waals surface area contributed by atoms with Gasteiger partial charge in [-0.05, 0) is 17.7 Å². The second-order valence-electron chi connectivity index (χ2n) is 3.93. The molecule has 3 heteroatoms. The van der Waals surface area contributed by atoms with Gasteiger partial charge in [0.2, 0.25) is 0 Å². The van der Waals surface area contributed by atoms with Crippen molar-refractivity contribution in [3.05, 3.63) is 65.5 Å². The highest BCUT2D eigenvalue weighted by molar-refractivity contribution is 5.94. The standard InChI is InChI=1S/C14H14N2O/c1-10(11-6-3-2-4-7-11)13-12(14(15)17)8-5-9-16-13/h2-10H,1H3,(H2,15,17). The second kappa shape index (κ2) is 4.78. The Bertz CT molecular complexity index is 523. The molecule has 17 heavy (non-hydrogen) atoms. The van der Waals surface area contributed by atoms with E-state index in [1.165, 1.54) is 0 Å². The Labute approximate surface area is 100 Å². The Morgan fingerprint density at radius 2 is 1.88 bits per heavy atom. The summed E-state index contributed by atoms with van der Waals surface area (Å²) in [6.07, 6.45) is 1.68. The number of hydrogen-bond donors (Lipinski definition) is 1. The number of pyridine rings is 1. The van der Waals surface area contributed by atoms with Gasteiger partial charge in [-0.15, -0.1) is 0 Å². The second-order valence-corrected chi connectivity index (χ2v) is 3.93. The van der Waals surface area contributed by atoms with Crippen molar-refractivity contribution in [2.75, 3.05) is 0 Å². The quantitative estimate of drug-likeness (QED) is 0.873. The SMILES string of the molecule is CC(c1ccccc1)c1ncccc1C(N)=O. The van der Waals surface area contributed by atoms with Gasteiger partial charge in [0.15, 0.2) is 0 Å². The first-order chi connectivity index (χ1) is 8.20. The van der Waals surface area contributed by atoms with Crippen LogP contribution in [-0.4, -0.2) is 10.9 Å². The monoisotopic (exact) mass is 226 g/mol. The Hall–Kier alpha value is -2.16. The number of benzene rings is 1. The zero-order valence-electron chi connectivity index (χ0n) is 9.63.